The molecule has 4 N–H and O–H groups in total. The predicted molar refractivity (Wildman–Crippen MR) is 39.7 cm³/mol. The first-order valence-electron chi connectivity index (χ1n) is 3.69. The van der Waals surface area contributed by atoms with Crippen molar-refractivity contribution in [3.63, 3.8) is 0 Å². The van der Waals surface area contributed by atoms with Crippen molar-refractivity contribution in [1.82, 2.24) is 10.7 Å². The number of ether oxygens (including phenoxy) is 1. The van der Waals surface area contributed by atoms with Gasteiger partial charge in [-0.05, 0) is 12.8 Å². The Balaban J connectivity index is 2.06. The van der Waals surface area contributed by atoms with Crippen LogP contribution in [0, 0.1) is 0 Å². The van der Waals surface area contributed by atoms with Gasteiger partial charge in [0.15, 0.2) is 0 Å². The van der Waals surface area contributed by atoms with E-state index in [0.29, 0.717) is 6.54 Å². The number of nitrogens with two attached hydrogens (primary N) is 1. The Morgan fingerprint density at radius 2 is 2.55 bits per heavy atom. The number of carbonyl (C=O) groups excluding carboxylic acids is 1. The molecule has 1 heterocycles. The summed E-state index contributed by atoms with van der Waals surface area (Å²) >= 11 is 0. The zero-order valence-electron chi connectivity index (χ0n) is 6.30. The van der Waals surface area contributed by atoms with Gasteiger partial charge >= 0.3 is 6.03 Å². The Kier molecular flexibility index (Phi) is 3.13. The Morgan fingerprint density at radius 3 is 3.09 bits per heavy atom. The van der Waals surface area contributed by atoms with E-state index in [4.69, 9.17) is 10.6 Å². The molecule has 0 unspecified atom stereocenters. The molecular weight excluding hydrogens is 146 g/mol. The number of hydrogen-bond donors (Lipinski definition) is 3. The molecule has 1 atom stereocenters. The van der Waals surface area contributed by atoms with Crippen LogP contribution in [-0.4, -0.2) is 25.3 Å². The number of nitrogens with one attached hydrogen (secondary N) is 2. The van der Waals surface area contributed by atoms with E-state index < -0.39 is 0 Å². The summed E-state index contributed by atoms with van der Waals surface area (Å²) < 4.78 is 5.26. The second-order valence-electron chi connectivity index (χ2n) is 2.49. The van der Waals surface area contributed by atoms with Gasteiger partial charge in [-0.15, -0.1) is 0 Å². The molecular formula is C6H13N3O2. The largest absolute Gasteiger partial charge is 0.376 e. The number of urea groups is 1. The van der Waals surface area contributed by atoms with Crippen LogP contribution in [0.5, 0.6) is 0 Å². The molecule has 0 aromatic rings. The van der Waals surface area contributed by atoms with Crippen LogP contribution in [0.2, 0.25) is 0 Å². The first kappa shape index (κ1) is 8.29. The molecule has 1 fully saturated rings. The molecule has 11 heavy (non-hydrogen) atoms. The standard InChI is InChI=1S/C6H13N3O2/c7-9-6(10)8-4-5-2-1-3-11-5/h5H,1-4,7H2,(H2,8,9,10)/t5-/m0/s1. The van der Waals surface area contributed by atoms with Crippen LogP contribution in [-0.2, 0) is 4.74 Å². The maximum absolute atomic E-state index is 10.6. The topological polar surface area (TPSA) is 76.4 Å². The van der Waals surface area contributed by atoms with Gasteiger partial charge < -0.3 is 10.1 Å². The first-order valence-corrected chi connectivity index (χ1v) is 3.69. The Morgan fingerprint density at radius 1 is 1.73 bits per heavy atom. The maximum Gasteiger partial charge on any atom is 0.328 e. The highest BCUT2D eigenvalue weighted by molar-refractivity contribution is 5.72. The minimum Gasteiger partial charge on any atom is -0.376 e. The normalized spacial score (nSPS) is 23.2. The van der Waals surface area contributed by atoms with Gasteiger partial charge in [0.1, 0.15) is 0 Å². The number of hydrazine groups is 1. The van der Waals surface area contributed by atoms with E-state index in [0.717, 1.165) is 19.4 Å². The van der Waals surface area contributed by atoms with Crippen LogP contribution >= 0.6 is 0 Å². The monoisotopic (exact) mass is 159 g/mol. The van der Waals surface area contributed by atoms with Crippen molar-refractivity contribution < 1.29 is 9.53 Å². The minimum atomic E-state index is -0.361. The first-order chi connectivity index (χ1) is 5.33. The van der Waals surface area contributed by atoms with E-state index in [2.05, 4.69) is 5.32 Å². The number of carbonyl (C=O) groups is 1. The van der Waals surface area contributed by atoms with Gasteiger partial charge in [0, 0.05) is 13.2 Å². The lowest BCUT2D eigenvalue weighted by Gasteiger charge is -2.09. The van der Waals surface area contributed by atoms with Gasteiger partial charge in [0.05, 0.1) is 6.10 Å². The van der Waals surface area contributed by atoms with Crippen molar-refractivity contribution in [2.24, 2.45) is 5.84 Å². The number of amides is 2. The fourth-order valence-electron chi connectivity index (χ4n) is 1.06. The smallest absolute Gasteiger partial charge is 0.328 e. The Hall–Kier alpha value is -0.810. The van der Waals surface area contributed by atoms with Crippen molar-refractivity contribution in [3.8, 4) is 0 Å². The summed E-state index contributed by atoms with van der Waals surface area (Å²) in [6, 6.07) is -0.361. The molecule has 0 aromatic heterocycles. The van der Waals surface area contributed by atoms with E-state index in [-0.39, 0.29) is 12.1 Å². The summed E-state index contributed by atoms with van der Waals surface area (Å²) in [6.07, 6.45) is 2.27. The fraction of sp³-hybridized carbons (Fsp3) is 0.833. The Bertz CT molecular complexity index is 134. The van der Waals surface area contributed by atoms with Gasteiger partial charge in [-0.2, -0.15) is 0 Å². The molecule has 0 aliphatic carbocycles. The summed E-state index contributed by atoms with van der Waals surface area (Å²) in [5.41, 5.74) is 1.98. The second kappa shape index (κ2) is 4.15. The van der Waals surface area contributed by atoms with Crippen molar-refractivity contribution in [2.75, 3.05) is 13.2 Å². The van der Waals surface area contributed by atoms with Gasteiger partial charge in [-0.3, -0.25) is 5.43 Å². The quantitative estimate of drug-likeness (QED) is 0.284. The Labute approximate surface area is 65.2 Å². The predicted octanol–water partition coefficient (Wildman–Crippen LogP) is -0.662. The lowest BCUT2D eigenvalue weighted by atomic mass is 10.2. The van der Waals surface area contributed by atoms with Crippen LogP contribution in [0.3, 0.4) is 0 Å². The third kappa shape index (κ3) is 2.73. The molecule has 1 rings (SSSR count). The maximum atomic E-state index is 10.6. The highest BCUT2D eigenvalue weighted by Gasteiger charge is 2.15. The molecule has 0 radical (unpaired) electrons. The van der Waals surface area contributed by atoms with E-state index in [9.17, 15) is 4.79 Å². The lowest BCUT2D eigenvalue weighted by Crippen LogP contribution is -2.42. The zero-order valence-corrected chi connectivity index (χ0v) is 6.30. The van der Waals surface area contributed by atoms with Crippen molar-refractivity contribution in [1.29, 1.82) is 0 Å². The zero-order chi connectivity index (χ0) is 8.10. The molecule has 64 valence electrons. The fourth-order valence-corrected chi connectivity index (χ4v) is 1.06. The van der Waals surface area contributed by atoms with Crippen LogP contribution in [0.4, 0.5) is 4.79 Å². The number of hydrogen-bond acceptors (Lipinski definition) is 3. The second-order valence-corrected chi connectivity index (χ2v) is 2.49. The highest BCUT2D eigenvalue weighted by atomic mass is 16.5. The van der Waals surface area contributed by atoms with Crippen LogP contribution in [0.1, 0.15) is 12.8 Å². The van der Waals surface area contributed by atoms with Crippen LogP contribution < -0.4 is 16.6 Å². The van der Waals surface area contributed by atoms with Gasteiger partial charge in [-0.1, -0.05) is 0 Å². The average Bonchev–Trinajstić information content (AvgIpc) is 2.52. The summed E-state index contributed by atoms with van der Waals surface area (Å²) in [6.45, 7) is 1.35. The van der Waals surface area contributed by atoms with Gasteiger partial charge in [-0.25, -0.2) is 10.6 Å². The molecule has 0 bridgehead atoms. The van der Waals surface area contributed by atoms with E-state index >= 15 is 0 Å². The van der Waals surface area contributed by atoms with Crippen molar-refractivity contribution in [2.45, 2.75) is 18.9 Å². The SMILES string of the molecule is NNC(=O)NC[C@@H]1CCCO1. The lowest BCUT2D eigenvalue weighted by molar-refractivity contribution is 0.111. The van der Waals surface area contributed by atoms with Crippen molar-refractivity contribution in [3.05, 3.63) is 0 Å². The molecule has 0 aromatic carbocycles. The van der Waals surface area contributed by atoms with E-state index in [1.807, 2.05) is 5.43 Å². The van der Waals surface area contributed by atoms with Crippen molar-refractivity contribution >= 4 is 6.03 Å². The average molecular weight is 159 g/mol. The highest BCUT2D eigenvalue weighted by Crippen LogP contribution is 2.10. The summed E-state index contributed by atoms with van der Waals surface area (Å²) in [5, 5.41) is 2.57. The molecule has 1 aliphatic heterocycles. The van der Waals surface area contributed by atoms with Gasteiger partial charge in [0.25, 0.3) is 0 Å². The summed E-state index contributed by atoms with van der Waals surface area (Å²) in [5.74, 6) is 4.85. The molecule has 5 nitrogen and oxygen atoms in total. The third-order valence-corrected chi connectivity index (χ3v) is 1.65. The molecule has 1 saturated heterocycles. The van der Waals surface area contributed by atoms with E-state index in [1.165, 1.54) is 0 Å². The third-order valence-electron chi connectivity index (χ3n) is 1.65. The molecule has 1 aliphatic rings. The molecule has 0 spiro atoms. The minimum absolute atomic E-state index is 0.173. The molecule has 2 amide bonds. The summed E-state index contributed by atoms with van der Waals surface area (Å²) in [4.78, 5) is 10.6. The number of rotatable bonds is 2. The van der Waals surface area contributed by atoms with Crippen LogP contribution in [0.15, 0.2) is 0 Å². The van der Waals surface area contributed by atoms with Gasteiger partial charge in [0.2, 0.25) is 0 Å². The molecule has 5 heteroatoms. The van der Waals surface area contributed by atoms with E-state index in [1.54, 1.807) is 0 Å². The molecule has 0 saturated carbocycles. The summed E-state index contributed by atoms with van der Waals surface area (Å²) in [7, 11) is 0. The van der Waals surface area contributed by atoms with Crippen LogP contribution in [0.25, 0.3) is 0 Å².